The largest absolute Gasteiger partial charge is 0.397 e. The second-order valence-corrected chi connectivity index (χ2v) is 19.0. The lowest BCUT2D eigenvalue weighted by atomic mass is 10.1. The minimum atomic E-state index is 0. The molecule has 60 heavy (non-hydrogen) atoms. The Morgan fingerprint density at radius 3 is 1.27 bits per heavy atom. The maximum atomic E-state index is 7.57. The molecular formula is C39H39Br7Cl4N6OS3. The van der Waals surface area contributed by atoms with Crippen molar-refractivity contribution >= 4 is 228 Å². The molecule has 5 rings (SSSR count). The summed E-state index contributed by atoms with van der Waals surface area (Å²) in [6, 6.07) is 30.4. The van der Waals surface area contributed by atoms with E-state index in [1.807, 2.05) is 97.1 Å². The number of nitrogens with zero attached hydrogens (tertiary/aromatic N) is 2. The molecule has 5 aromatic carbocycles. The maximum Gasteiger partial charge on any atom is 0.168 e. The molecule has 326 valence electrons. The smallest absolute Gasteiger partial charge is 0.168 e. The van der Waals surface area contributed by atoms with Gasteiger partial charge in [0, 0.05) is 47.9 Å². The van der Waals surface area contributed by atoms with Crippen molar-refractivity contribution in [1.29, 1.82) is 0 Å². The summed E-state index contributed by atoms with van der Waals surface area (Å²) in [6.07, 6.45) is 0. The summed E-state index contributed by atoms with van der Waals surface area (Å²) in [4.78, 5) is 8.91. The number of nitrogens with one attached hydrogen (secondary N) is 1. The average molecular weight is 1410 g/mol. The van der Waals surface area contributed by atoms with E-state index < -0.39 is 0 Å². The number of thiocarbonyl (C=S) groups is 1. The van der Waals surface area contributed by atoms with E-state index in [9.17, 15) is 0 Å². The third kappa shape index (κ3) is 24.3. The third-order valence-corrected chi connectivity index (χ3v) is 12.6. The number of hydrogen-bond donors (Lipinski definition) is 5. The molecule has 0 aliphatic carbocycles. The number of benzene rings is 5. The van der Waals surface area contributed by atoms with Gasteiger partial charge < -0.3 is 27.6 Å². The van der Waals surface area contributed by atoms with Gasteiger partial charge in [-0.2, -0.15) is 0 Å². The van der Waals surface area contributed by atoms with Gasteiger partial charge in [0.05, 0.1) is 31.5 Å². The van der Waals surface area contributed by atoms with Gasteiger partial charge in [-0.15, -0.1) is 34.0 Å². The molecule has 0 atom stereocenters. The minimum Gasteiger partial charge on any atom is -0.397 e. The summed E-state index contributed by atoms with van der Waals surface area (Å²) in [5.41, 5.74) is 24.4. The lowest BCUT2D eigenvalue weighted by molar-refractivity contribution is 0.318. The zero-order chi connectivity index (χ0) is 43.2. The molecule has 0 radical (unpaired) electrons. The summed E-state index contributed by atoms with van der Waals surface area (Å²) >= 11 is 48.7. The van der Waals surface area contributed by atoms with Crippen LogP contribution in [0.1, 0.15) is 29.2 Å². The van der Waals surface area contributed by atoms with Crippen molar-refractivity contribution in [3.8, 4) is 0 Å². The van der Waals surface area contributed by atoms with E-state index in [4.69, 9.17) is 68.7 Å². The van der Waals surface area contributed by atoms with E-state index in [2.05, 4.69) is 107 Å². The zero-order valence-corrected chi connectivity index (χ0v) is 48.1. The number of halogens is 11. The lowest BCUT2D eigenvalue weighted by Crippen LogP contribution is -2.18. The summed E-state index contributed by atoms with van der Waals surface area (Å²) in [5, 5.41) is 15.4. The number of hydrogen-bond acceptors (Lipinski definition) is 6. The Hall–Kier alpha value is -0.0900. The highest BCUT2D eigenvalue weighted by Gasteiger charge is 2.11. The molecular weight excluding hydrogens is 1370 g/mol. The summed E-state index contributed by atoms with van der Waals surface area (Å²) < 4.78 is 2.89. The number of thioether (sulfide) groups is 2. The summed E-state index contributed by atoms with van der Waals surface area (Å²) in [7, 11) is 0. The molecule has 21 heteroatoms. The molecule has 5 aromatic rings. The molecule has 0 saturated heterocycles. The van der Waals surface area contributed by atoms with Gasteiger partial charge in [-0.05, 0) is 120 Å². The number of aliphatic imine (C=N–C) groups is 2. The predicted molar refractivity (Wildman–Crippen MR) is 300 cm³/mol. The van der Waals surface area contributed by atoms with Gasteiger partial charge in [0.15, 0.2) is 15.4 Å². The number of alkyl halides is 2. The SMILES string of the molecule is Br.Br.CCO.Clc1cc(CBr)c(CBr)cc1Cl.NC(=Nc1cccc(Br)c1)SCc1cc(Cl)c(Cl)cc1CSC(N)=Nc1cccc(Br)c1.NC(=S)Nc1cccc(Br)c1. The molecule has 0 amide bonds. The number of nitrogens with two attached hydrogens (primary N) is 3. The molecule has 8 N–H and O–H groups in total. The molecule has 0 aromatic heterocycles. The highest BCUT2D eigenvalue weighted by molar-refractivity contribution is 9.11. The summed E-state index contributed by atoms with van der Waals surface area (Å²) in [5.74, 6) is 1.19. The lowest BCUT2D eigenvalue weighted by Gasteiger charge is -2.11. The standard InChI is InChI=1S/C22H18Br2Cl2N4S2.C8H6Br2Cl2.C7H7BrN2S.C2H6O.2BrH/c23-15-3-1-5-17(9-15)29-21(27)31-11-13-7-19(25)20(26)8-14(13)12-32-22(28)30-18-6-2-4-16(24)10-18;9-3-5-1-7(11)8(12)2-6(5)4-10;8-5-2-1-3-6(4-5)10-7(9)11;1-2-3;;/h1-10H,11-12H2,(H2,27,29)(H2,28,30);1-2H,3-4H2;1-4H,(H3,9,10,11);3H,2H2,1H3;2*1H. The first-order valence-electron chi connectivity index (χ1n) is 16.5. The molecule has 0 bridgehead atoms. The van der Waals surface area contributed by atoms with Gasteiger partial charge in [0.2, 0.25) is 0 Å². The minimum absolute atomic E-state index is 0. The molecule has 0 heterocycles. The van der Waals surface area contributed by atoms with E-state index in [0.29, 0.717) is 41.9 Å². The van der Waals surface area contributed by atoms with Gasteiger partial charge in [0.25, 0.3) is 0 Å². The first-order chi connectivity index (χ1) is 27.6. The molecule has 0 saturated carbocycles. The van der Waals surface area contributed by atoms with E-state index in [1.54, 1.807) is 6.92 Å². The van der Waals surface area contributed by atoms with Crippen molar-refractivity contribution in [3.05, 3.63) is 153 Å². The Morgan fingerprint density at radius 2 is 0.950 bits per heavy atom. The number of amidine groups is 2. The fourth-order valence-corrected chi connectivity index (χ4v) is 8.76. The molecule has 0 spiro atoms. The number of rotatable bonds is 9. The van der Waals surface area contributed by atoms with E-state index in [-0.39, 0.29) is 45.7 Å². The fraction of sp³-hybridized carbons (Fsp3) is 0.154. The Bertz CT molecular complexity index is 2060. The van der Waals surface area contributed by atoms with Gasteiger partial charge in [-0.1, -0.05) is 168 Å². The molecule has 0 unspecified atom stereocenters. The quantitative estimate of drug-likeness (QED) is 0.0426. The van der Waals surface area contributed by atoms with Gasteiger partial charge in [-0.25, -0.2) is 9.98 Å². The second-order valence-electron chi connectivity index (χ2n) is 11.1. The van der Waals surface area contributed by atoms with Crippen LogP contribution in [0.4, 0.5) is 17.1 Å². The Morgan fingerprint density at radius 1 is 0.617 bits per heavy atom. The summed E-state index contributed by atoms with van der Waals surface area (Å²) in [6.45, 7) is 1.93. The van der Waals surface area contributed by atoms with E-state index in [1.165, 1.54) is 34.7 Å². The van der Waals surface area contributed by atoms with Crippen LogP contribution in [0.3, 0.4) is 0 Å². The highest BCUT2D eigenvalue weighted by atomic mass is 79.9. The predicted octanol–water partition coefficient (Wildman–Crippen LogP) is 16.3. The monoisotopic (exact) mass is 1400 g/mol. The van der Waals surface area contributed by atoms with Crippen molar-refractivity contribution in [2.75, 3.05) is 11.9 Å². The number of aliphatic hydroxyl groups excluding tert-OH is 1. The van der Waals surface area contributed by atoms with Crippen LogP contribution in [0, 0.1) is 0 Å². The Balaban J connectivity index is 0.00000102. The van der Waals surface area contributed by atoms with Gasteiger partial charge in [-0.3, -0.25) is 0 Å². The topological polar surface area (TPSA) is 135 Å². The van der Waals surface area contributed by atoms with Crippen molar-refractivity contribution < 1.29 is 5.11 Å². The van der Waals surface area contributed by atoms with Crippen LogP contribution in [0.5, 0.6) is 0 Å². The normalized spacial score (nSPS) is 10.6. The van der Waals surface area contributed by atoms with Crippen LogP contribution in [-0.4, -0.2) is 27.2 Å². The molecule has 0 aliphatic rings. The molecule has 7 nitrogen and oxygen atoms in total. The average Bonchev–Trinajstić information content (AvgIpc) is 3.16. The molecule has 0 fully saturated rings. The second kappa shape index (κ2) is 33.4. The van der Waals surface area contributed by atoms with Crippen LogP contribution in [0.15, 0.2) is 120 Å². The maximum absolute atomic E-state index is 7.57. The first kappa shape index (κ1) is 59.9. The van der Waals surface area contributed by atoms with Crippen molar-refractivity contribution in [3.63, 3.8) is 0 Å². The van der Waals surface area contributed by atoms with Crippen LogP contribution in [0.25, 0.3) is 0 Å². The van der Waals surface area contributed by atoms with E-state index >= 15 is 0 Å². The Kier molecular flexibility index (Phi) is 33.3. The highest BCUT2D eigenvalue weighted by Crippen LogP contribution is 2.32. The van der Waals surface area contributed by atoms with Crippen LogP contribution in [-0.2, 0) is 22.2 Å². The Labute approximate surface area is 448 Å². The first-order valence-corrected chi connectivity index (χ1v) is 25.0. The molecule has 0 aliphatic heterocycles. The van der Waals surface area contributed by atoms with Crippen LogP contribution in [0.2, 0.25) is 20.1 Å². The van der Waals surface area contributed by atoms with Crippen molar-refractivity contribution in [2.24, 2.45) is 27.2 Å². The van der Waals surface area contributed by atoms with Crippen LogP contribution < -0.4 is 22.5 Å². The van der Waals surface area contributed by atoms with Crippen molar-refractivity contribution in [1.82, 2.24) is 0 Å². The number of aliphatic hydroxyl groups is 1. The van der Waals surface area contributed by atoms with Crippen molar-refractivity contribution in [2.45, 2.75) is 29.1 Å². The van der Waals surface area contributed by atoms with Crippen LogP contribution >= 0.6 is 196 Å². The van der Waals surface area contributed by atoms with Gasteiger partial charge >= 0.3 is 0 Å². The zero-order valence-electron chi connectivity index (χ0n) is 31.3. The third-order valence-electron chi connectivity index (χ3n) is 6.71. The van der Waals surface area contributed by atoms with E-state index in [0.717, 1.165) is 52.3 Å². The number of anilines is 1. The fourth-order valence-electron chi connectivity index (χ4n) is 4.20. The van der Waals surface area contributed by atoms with Gasteiger partial charge in [0.1, 0.15) is 0 Å².